The number of hydrogen-bond acceptors (Lipinski definition) is 3. The van der Waals surface area contributed by atoms with Crippen LogP contribution in [0.2, 0.25) is 0 Å². The van der Waals surface area contributed by atoms with E-state index in [-0.39, 0.29) is 18.0 Å². The summed E-state index contributed by atoms with van der Waals surface area (Å²) in [7, 11) is -1.69. The Kier molecular flexibility index (Phi) is 9.23. The lowest BCUT2D eigenvalue weighted by Crippen LogP contribution is -2.49. The smallest absolute Gasteiger partial charge is 0.281 e. The van der Waals surface area contributed by atoms with Crippen LogP contribution in [-0.4, -0.2) is 55.2 Å². The number of hydrogen-bond donors (Lipinski definition) is 1. The SMILES string of the molecule is CCCCN(CCCC)S(=O)(=O)N(C)C1CCC(NC(C)=O)CC1. The van der Waals surface area contributed by atoms with Gasteiger partial charge in [0.1, 0.15) is 0 Å². The molecule has 0 radical (unpaired) electrons. The van der Waals surface area contributed by atoms with Gasteiger partial charge in [0.25, 0.3) is 10.2 Å². The number of amides is 1. The summed E-state index contributed by atoms with van der Waals surface area (Å²) in [6.07, 6.45) is 7.06. The first-order valence-corrected chi connectivity index (χ1v) is 10.7. The van der Waals surface area contributed by atoms with Crippen LogP contribution < -0.4 is 5.32 Å². The summed E-state index contributed by atoms with van der Waals surface area (Å²) in [5.74, 6) is -0.00951. The van der Waals surface area contributed by atoms with Crippen LogP contribution in [0.15, 0.2) is 0 Å². The predicted molar refractivity (Wildman–Crippen MR) is 97.9 cm³/mol. The van der Waals surface area contributed by atoms with Gasteiger partial charge in [0.15, 0.2) is 0 Å². The van der Waals surface area contributed by atoms with Gasteiger partial charge in [-0.05, 0) is 38.5 Å². The number of rotatable bonds is 10. The Morgan fingerprint density at radius 3 is 1.96 bits per heavy atom. The summed E-state index contributed by atoms with van der Waals surface area (Å²) in [5.41, 5.74) is 0. The zero-order valence-corrected chi connectivity index (χ0v) is 16.6. The Bertz CT molecular complexity index is 465. The van der Waals surface area contributed by atoms with Gasteiger partial charge in [-0.2, -0.15) is 17.0 Å². The van der Waals surface area contributed by atoms with Crippen LogP contribution in [0.25, 0.3) is 0 Å². The van der Waals surface area contributed by atoms with Crippen molar-refractivity contribution < 1.29 is 13.2 Å². The summed E-state index contributed by atoms with van der Waals surface area (Å²) in [6.45, 7) is 6.89. The molecule has 0 atom stereocenters. The summed E-state index contributed by atoms with van der Waals surface area (Å²) in [4.78, 5) is 11.2. The fraction of sp³-hybridized carbons (Fsp3) is 0.941. The molecular formula is C17H35N3O3S. The van der Waals surface area contributed by atoms with E-state index < -0.39 is 10.2 Å². The minimum Gasteiger partial charge on any atom is -0.354 e. The Labute approximate surface area is 148 Å². The summed E-state index contributed by atoms with van der Waals surface area (Å²) < 4.78 is 29.2. The molecule has 1 amide bonds. The van der Waals surface area contributed by atoms with Crippen molar-refractivity contribution in [3.8, 4) is 0 Å². The van der Waals surface area contributed by atoms with Crippen molar-refractivity contribution in [2.75, 3.05) is 20.1 Å². The molecule has 1 fully saturated rings. The molecule has 1 aliphatic rings. The molecule has 24 heavy (non-hydrogen) atoms. The first kappa shape index (κ1) is 21.4. The molecule has 0 spiro atoms. The second kappa shape index (κ2) is 10.4. The number of unbranched alkanes of at least 4 members (excludes halogenated alkanes) is 2. The van der Waals surface area contributed by atoms with E-state index in [1.54, 1.807) is 15.7 Å². The average Bonchev–Trinajstić information content (AvgIpc) is 2.54. The normalized spacial score (nSPS) is 22.1. The molecule has 1 aliphatic carbocycles. The highest BCUT2D eigenvalue weighted by molar-refractivity contribution is 7.86. The lowest BCUT2D eigenvalue weighted by molar-refractivity contribution is -0.119. The highest BCUT2D eigenvalue weighted by Crippen LogP contribution is 2.25. The van der Waals surface area contributed by atoms with Crippen LogP contribution in [-0.2, 0) is 15.0 Å². The van der Waals surface area contributed by atoms with E-state index in [2.05, 4.69) is 19.2 Å². The fourth-order valence-corrected chi connectivity index (χ4v) is 4.92. The van der Waals surface area contributed by atoms with E-state index in [9.17, 15) is 13.2 Å². The van der Waals surface area contributed by atoms with Crippen LogP contribution in [0.1, 0.15) is 72.1 Å². The second-order valence-electron chi connectivity index (χ2n) is 6.84. The molecule has 0 aromatic carbocycles. The summed E-state index contributed by atoms with van der Waals surface area (Å²) in [5, 5.41) is 2.94. The first-order chi connectivity index (χ1) is 11.3. The topological polar surface area (TPSA) is 69.7 Å². The minimum absolute atomic E-state index is 0.00951. The molecule has 0 bridgehead atoms. The molecular weight excluding hydrogens is 326 g/mol. The number of carbonyl (C=O) groups excluding carboxylic acids is 1. The molecule has 7 heteroatoms. The lowest BCUT2D eigenvalue weighted by Gasteiger charge is -2.36. The molecule has 0 aromatic heterocycles. The second-order valence-corrected chi connectivity index (χ2v) is 8.82. The van der Waals surface area contributed by atoms with E-state index in [1.807, 2.05) is 0 Å². The van der Waals surface area contributed by atoms with Crippen molar-refractivity contribution in [3.05, 3.63) is 0 Å². The Morgan fingerprint density at radius 1 is 1.04 bits per heavy atom. The number of carbonyl (C=O) groups is 1. The molecule has 0 unspecified atom stereocenters. The largest absolute Gasteiger partial charge is 0.354 e. The third-order valence-corrected chi connectivity index (χ3v) is 6.87. The van der Waals surface area contributed by atoms with Crippen LogP contribution in [0, 0.1) is 0 Å². The summed E-state index contributed by atoms with van der Waals surface area (Å²) >= 11 is 0. The van der Waals surface area contributed by atoms with Gasteiger partial charge in [0.05, 0.1) is 0 Å². The third-order valence-electron chi connectivity index (χ3n) is 4.83. The van der Waals surface area contributed by atoms with Crippen LogP contribution in [0.3, 0.4) is 0 Å². The van der Waals surface area contributed by atoms with Crippen LogP contribution >= 0.6 is 0 Å². The van der Waals surface area contributed by atoms with Gasteiger partial charge in [-0.25, -0.2) is 0 Å². The van der Waals surface area contributed by atoms with Gasteiger partial charge in [-0.1, -0.05) is 26.7 Å². The minimum atomic E-state index is -3.41. The van der Waals surface area contributed by atoms with Crippen molar-refractivity contribution in [1.29, 1.82) is 0 Å². The van der Waals surface area contributed by atoms with Gasteiger partial charge in [0, 0.05) is 39.1 Å². The Balaban J connectivity index is 2.68. The van der Waals surface area contributed by atoms with E-state index in [4.69, 9.17) is 0 Å². The van der Waals surface area contributed by atoms with Crippen molar-refractivity contribution in [2.45, 2.75) is 84.2 Å². The van der Waals surface area contributed by atoms with E-state index in [0.29, 0.717) is 13.1 Å². The quantitative estimate of drug-likeness (QED) is 0.650. The standard InChI is InChI=1S/C17H35N3O3S/c1-5-7-13-20(14-8-6-2)24(22,23)19(4)17-11-9-16(10-12-17)18-15(3)21/h16-17H,5-14H2,1-4H3,(H,18,21). The van der Waals surface area contributed by atoms with E-state index >= 15 is 0 Å². The molecule has 0 heterocycles. The van der Waals surface area contributed by atoms with Gasteiger partial charge >= 0.3 is 0 Å². The molecule has 6 nitrogen and oxygen atoms in total. The molecule has 0 aromatic rings. The highest BCUT2D eigenvalue weighted by Gasteiger charge is 2.34. The molecule has 0 aliphatic heterocycles. The monoisotopic (exact) mass is 361 g/mol. The van der Waals surface area contributed by atoms with Gasteiger partial charge in [0.2, 0.25) is 5.91 Å². The lowest BCUT2D eigenvalue weighted by atomic mass is 9.91. The van der Waals surface area contributed by atoms with Gasteiger partial charge in [-0.3, -0.25) is 4.79 Å². The van der Waals surface area contributed by atoms with Gasteiger partial charge in [-0.15, -0.1) is 0 Å². The maximum Gasteiger partial charge on any atom is 0.281 e. The first-order valence-electron chi connectivity index (χ1n) is 9.33. The third kappa shape index (κ3) is 6.33. The number of nitrogens with one attached hydrogen (secondary N) is 1. The highest BCUT2D eigenvalue weighted by atomic mass is 32.2. The van der Waals surface area contributed by atoms with Crippen LogP contribution in [0.5, 0.6) is 0 Å². The maximum atomic E-state index is 13.0. The molecule has 1 N–H and O–H groups in total. The molecule has 0 saturated heterocycles. The predicted octanol–water partition coefficient (Wildman–Crippen LogP) is 2.51. The van der Waals surface area contributed by atoms with E-state index in [0.717, 1.165) is 51.4 Å². The average molecular weight is 362 g/mol. The zero-order chi connectivity index (χ0) is 18.2. The number of nitrogens with zero attached hydrogens (tertiary/aromatic N) is 2. The van der Waals surface area contributed by atoms with E-state index in [1.165, 1.54) is 6.92 Å². The van der Waals surface area contributed by atoms with Crippen molar-refractivity contribution in [3.63, 3.8) is 0 Å². The summed E-state index contributed by atoms with van der Waals surface area (Å²) in [6, 6.07) is 0.219. The Hall–Kier alpha value is -0.660. The van der Waals surface area contributed by atoms with Crippen molar-refractivity contribution >= 4 is 16.1 Å². The Morgan fingerprint density at radius 2 is 1.54 bits per heavy atom. The van der Waals surface area contributed by atoms with Crippen molar-refractivity contribution in [2.24, 2.45) is 0 Å². The maximum absolute atomic E-state index is 13.0. The zero-order valence-electron chi connectivity index (χ0n) is 15.8. The van der Waals surface area contributed by atoms with Crippen LogP contribution in [0.4, 0.5) is 0 Å². The fourth-order valence-electron chi connectivity index (χ4n) is 3.25. The van der Waals surface area contributed by atoms with Gasteiger partial charge < -0.3 is 5.32 Å². The molecule has 142 valence electrons. The molecule has 1 rings (SSSR count). The van der Waals surface area contributed by atoms with Crippen molar-refractivity contribution in [1.82, 2.24) is 13.9 Å². The molecule has 1 saturated carbocycles.